The number of para-hydroxylation sites is 1. The van der Waals surface area contributed by atoms with Crippen molar-refractivity contribution in [3.8, 4) is 0 Å². The van der Waals surface area contributed by atoms with Crippen molar-refractivity contribution in [3.05, 3.63) is 48.9 Å². The van der Waals surface area contributed by atoms with Crippen LogP contribution in [0.1, 0.15) is 6.92 Å². The molecule has 1 N–H and O–H groups in total. The molecule has 120 valence electrons. The molecule has 0 bridgehead atoms. The van der Waals surface area contributed by atoms with Gasteiger partial charge in [0.25, 0.3) is 0 Å². The molecule has 1 aromatic carbocycles. The maximum atomic E-state index is 12.4. The summed E-state index contributed by atoms with van der Waals surface area (Å²) in [5.41, 5.74) is 0.836. The maximum Gasteiger partial charge on any atom is 0.241 e. The predicted molar refractivity (Wildman–Crippen MR) is 90.4 cm³/mol. The monoisotopic (exact) mass is 311 g/mol. The smallest absolute Gasteiger partial charge is 0.241 e. The Morgan fingerprint density at radius 2 is 1.87 bits per heavy atom. The van der Waals surface area contributed by atoms with Gasteiger partial charge in [-0.25, -0.2) is 4.98 Å². The van der Waals surface area contributed by atoms with Gasteiger partial charge in [-0.15, -0.1) is 0 Å². The van der Waals surface area contributed by atoms with Gasteiger partial charge in [-0.05, 0) is 19.1 Å². The lowest BCUT2D eigenvalue weighted by Crippen LogP contribution is -2.53. The highest BCUT2D eigenvalue weighted by atomic mass is 16.2. The van der Waals surface area contributed by atoms with Crippen molar-refractivity contribution in [2.45, 2.75) is 13.0 Å². The van der Waals surface area contributed by atoms with Crippen LogP contribution < -0.4 is 10.2 Å². The Morgan fingerprint density at radius 1 is 1.13 bits per heavy atom. The molecule has 1 saturated heterocycles. The molecule has 1 fully saturated rings. The lowest BCUT2D eigenvalue weighted by atomic mass is 10.2. The topological polar surface area (TPSA) is 61.4 Å². The second-order valence-electron chi connectivity index (χ2n) is 5.62. The van der Waals surface area contributed by atoms with Crippen molar-refractivity contribution in [2.75, 3.05) is 36.4 Å². The summed E-state index contributed by atoms with van der Waals surface area (Å²) in [5, 5.41) is 2.97. The second kappa shape index (κ2) is 7.19. The molecule has 0 spiro atoms. The summed E-state index contributed by atoms with van der Waals surface area (Å²) in [7, 11) is 0. The van der Waals surface area contributed by atoms with Crippen molar-refractivity contribution >= 4 is 17.4 Å². The van der Waals surface area contributed by atoms with Gasteiger partial charge in [-0.1, -0.05) is 18.2 Å². The first-order valence-corrected chi connectivity index (χ1v) is 7.85. The molecule has 6 nitrogen and oxygen atoms in total. The molecular formula is C17H21N5O. The van der Waals surface area contributed by atoms with E-state index in [9.17, 15) is 4.79 Å². The van der Waals surface area contributed by atoms with Gasteiger partial charge in [-0.3, -0.25) is 14.7 Å². The highest BCUT2D eigenvalue weighted by Crippen LogP contribution is 2.14. The van der Waals surface area contributed by atoms with Crippen LogP contribution in [-0.4, -0.2) is 53.0 Å². The minimum atomic E-state index is -0.154. The van der Waals surface area contributed by atoms with Crippen LogP contribution in [0.5, 0.6) is 0 Å². The zero-order chi connectivity index (χ0) is 16.1. The fraction of sp³-hybridized carbons (Fsp3) is 0.353. The third-order valence-corrected chi connectivity index (χ3v) is 4.16. The Labute approximate surface area is 136 Å². The minimum Gasteiger partial charge on any atom is -0.353 e. The van der Waals surface area contributed by atoms with Gasteiger partial charge in [0.2, 0.25) is 5.91 Å². The van der Waals surface area contributed by atoms with E-state index in [1.165, 1.54) is 0 Å². The predicted octanol–water partition coefficient (Wildman–Crippen LogP) is 1.63. The molecule has 1 aliphatic rings. The number of hydrogen-bond acceptors (Lipinski definition) is 5. The van der Waals surface area contributed by atoms with Crippen LogP contribution in [0.2, 0.25) is 0 Å². The molecule has 6 heteroatoms. The molecule has 0 aliphatic carbocycles. The van der Waals surface area contributed by atoms with Gasteiger partial charge >= 0.3 is 0 Å². The number of anilines is 2. The van der Waals surface area contributed by atoms with Gasteiger partial charge in [0.05, 0.1) is 12.2 Å². The number of hydrogen-bond donors (Lipinski definition) is 1. The maximum absolute atomic E-state index is 12.4. The van der Waals surface area contributed by atoms with Gasteiger partial charge in [0.15, 0.2) is 0 Å². The van der Waals surface area contributed by atoms with Crippen LogP contribution in [0, 0.1) is 0 Å². The third kappa shape index (κ3) is 3.84. The molecule has 23 heavy (non-hydrogen) atoms. The van der Waals surface area contributed by atoms with Crippen molar-refractivity contribution in [1.82, 2.24) is 14.9 Å². The number of carbonyl (C=O) groups is 1. The Bertz CT molecular complexity index is 626. The van der Waals surface area contributed by atoms with Crippen LogP contribution in [0.4, 0.5) is 11.5 Å². The van der Waals surface area contributed by atoms with Crippen LogP contribution in [-0.2, 0) is 4.79 Å². The van der Waals surface area contributed by atoms with Crippen LogP contribution >= 0.6 is 0 Å². The molecule has 1 aromatic heterocycles. The first-order valence-electron chi connectivity index (χ1n) is 7.85. The van der Waals surface area contributed by atoms with Gasteiger partial charge in [0, 0.05) is 44.3 Å². The lowest BCUT2D eigenvalue weighted by molar-refractivity contribution is -0.120. The molecule has 1 unspecified atom stereocenters. The summed E-state index contributed by atoms with van der Waals surface area (Å²) in [6.07, 6.45) is 5.16. The van der Waals surface area contributed by atoms with Crippen molar-refractivity contribution in [3.63, 3.8) is 0 Å². The van der Waals surface area contributed by atoms with Crippen molar-refractivity contribution in [1.29, 1.82) is 0 Å². The zero-order valence-electron chi connectivity index (χ0n) is 13.2. The van der Waals surface area contributed by atoms with Gasteiger partial charge < -0.3 is 10.2 Å². The number of aromatic nitrogens is 2. The Morgan fingerprint density at radius 3 is 2.52 bits per heavy atom. The van der Waals surface area contributed by atoms with E-state index in [0.717, 1.165) is 37.7 Å². The fourth-order valence-corrected chi connectivity index (χ4v) is 2.73. The average Bonchev–Trinajstić information content (AvgIpc) is 2.63. The van der Waals surface area contributed by atoms with E-state index in [1.54, 1.807) is 18.6 Å². The minimum absolute atomic E-state index is 0.0316. The van der Waals surface area contributed by atoms with Crippen LogP contribution in [0.25, 0.3) is 0 Å². The largest absolute Gasteiger partial charge is 0.353 e. The zero-order valence-corrected chi connectivity index (χ0v) is 13.2. The van der Waals surface area contributed by atoms with E-state index in [4.69, 9.17) is 0 Å². The number of amides is 1. The summed E-state index contributed by atoms with van der Waals surface area (Å²) in [4.78, 5) is 25.2. The summed E-state index contributed by atoms with van der Waals surface area (Å²) < 4.78 is 0. The molecule has 3 rings (SSSR count). The van der Waals surface area contributed by atoms with E-state index in [0.29, 0.717) is 0 Å². The summed E-state index contributed by atoms with van der Waals surface area (Å²) in [6.45, 7) is 5.32. The molecule has 1 aliphatic heterocycles. The summed E-state index contributed by atoms with van der Waals surface area (Å²) >= 11 is 0. The molecular weight excluding hydrogens is 290 g/mol. The Kier molecular flexibility index (Phi) is 4.83. The highest BCUT2D eigenvalue weighted by Gasteiger charge is 2.26. The highest BCUT2D eigenvalue weighted by molar-refractivity contribution is 5.94. The van der Waals surface area contributed by atoms with E-state index in [2.05, 4.69) is 25.1 Å². The van der Waals surface area contributed by atoms with Gasteiger partial charge in [-0.2, -0.15) is 0 Å². The first-order chi connectivity index (χ1) is 11.2. The average molecular weight is 311 g/mol. The molecule has 1 amide bonds. The van der Waals surface area contributed by atoms with E-state index in [-0.39, 0.29) is 11.9 Å². The third-order valence-electron chi connectivity index (χ3n) is 4.16. The lowest BCUT2D eigenvalue weighted by Gasteiger charge is -2.37. The van der Waals surface area contributed by atoms with E-state index < -0.39 is 0 Å². The summed E-state index contributed by atoms with van der Waals surface area (Å²) in [6, 6.07) is 9.41. The SMILES string of the molecule is CC(C(=O)Nc1ccccc1)N1CCN(c2cnccn2)CC1. The molecule has 2 heterocycles. The van der Waals surface area contributed by atoms with Gasteiger partial charge in [0.1, 0.15) is 5.82 Å². The van der Waals surface area contributed by atoms with Crippen molar-refractivity contribution < 1.29 is 4.79 Å². The number of carbonyl (C=O) groups excluding carboxylic acids is 1. The number of nitrogens with zero attached hydrogens (tertiary/aromatic N) is 4. The molecule has 0 saturated carbocycles. The quantitative estimate of drug-likeness (QED) is 0.930. The van der Waals surface area contributed by atoms with Crippen LogP contribution in [0.15, 0.2) is 48.9 Å². The Hall–Kier alpha value is -2.47. The fourth-order valence-electron chi connectivity index (χ4n) is 2.73. The van der Waals surface area contributed by atoms with Crippen molar-refractivity contribution in [2.24, 2.45) is 0 Å². The molecule has 1 atom stereocenters. The number of benzene rings is 1. The molecule has 2 aromatic rings. The number of rotatable bonds is 4. The second-order valence-corrected chi connectivity index (χ2v) is 5.62. The Balaban J connectivity index is 1.53. The normalized spacial score (nSPS) is 16.8. The van der Waals surface area contributed by atoms with E-state index in [1.807, 2.05) is 37.3 Å². The number of nitrogens with one attached hydrogen (secondary N) is 1. The number of piperazine rings is 1. The summed E-state index contributed by atoms with van der Waals surface area (Å²) in [5.74, 6) is 0.928. The van der Waals surface area contributed by atoms with Crippen LogP contribution in [0.3, 0.4) is 0 Å². The molecule has 0 radical (unpaired) electrons. The standard InChI is InChI=1S/C17H21N5O/c1-14(17(23)20-15-5-3-2-4-6-15)21-9-11-22(12-10-21)16-13-18-7-8-19-16/h2-8,13-14H,9-12H2,1H3,(H,20,23). The van der Waals surface area contributed by atoms with E-state index >= 15 is 0 Å². The first kappa shape index (κ1) is 15.4.